The number of para-hydroxylation sites is 1. The van der Waals surface area contributed by atoms with E-state index in [1.807, 2.05) is 24.3 Å². The van der Waals surface area contributed by atoms with E-state index in [4.69, 9.17) is 9.47 Å². The monoisotopic (exact) mass is 395 g/mol. The standard InChI is InChI=1S/C23H25NO5/c1-16(25)18-9-11-20(12-10-18)28-15-5-8-22(26)29-17(2)23(27)24-14-13-19-6-3-4-7-21(19)24/h3-4,6-7,9-12,17H,5,8,13-15H2,1-2H3/t17-/m0/s1. The van der Waals surface area contributed by atoms with E-state index in [9.17, 15) is 14.4 Å². The number of carbonyl (C=O) groups excluding carboxylic acids is 3. The average Bonchev–Trinajstić information content (AvgIpc) is 3.15. The first-order chi connectivity index (χ1) is 14.0. The lowest BCUT2D eigenvalue weighted by molar-refractivity contribution is -0.154. The van der Waals surface area contributed by atoms with Gasteiger partial charge in [-0.2, -0.15) is 0 Å². The number of Topliss-reactive ketones (excluding diaryl/α,β-unsaturated/α-hetero) is 1. The molecule has 1 amide bonds. The molecule has 0 aliphatic carbocycles. The van der Waals surface area contributed by atoms with Gasteiger partial charge >= 0.3 is 5.97 Å². The van der Waals surface area contributed by atoms with E-state index in [0.717, 1.165) is 17.7 Å². The summed E-state index contributed by atoms with van der Waals surface area (Å²) in [7, 11) is 0. The maximum absolute atomic E-state index is 12.6. The van der Waals surface area contributed by atoms with Crippen LogP contribution in [0.3, 0.4) is 0 Å². The Morgan fingerprint density at radius 2 is 1.79 bits per heavy atom. The van der Waals surface area contributed by atoms with E-state index in [1.54, 1.807) is 36.1 Å². The van der Waals surface area contributed by atoms with Gasteiger partial charge in [0.05, 0.1) is 6.61 Å². The quantitative estimate of drug-likeness (QED) is 0.388. The Morgan fingerprint density at radius 3 is 2.52 bits per heavy atom. The van der Waals surface area contributed by atoms with Crippen molar-refractivity contribution >= 4 is 23.3 Å². The number of rotatable bonds is 8. The van der Waals surface area contributed by atoms with E-state index in [1.165, 1.54) is 6.92 Å². The number of fused-ring (bicyclic) bond motifs is 1. The summed E-state index contributed by atoms with van der Waals surface area (Å²) >= 11 is 0. The summed E-state index contributed by atoms with van der Waals surface area (Å²) in [6.07, 6.45) is 0.627. The van der Waals surface area contributed by atoms with Crippen molar-refractivity contribution in [1.82, 2.24) is 0 Å². The predicted molar refractivity (Wildman–Crippen MR) is 109 cm³/mol. The fraction of sp³-hybridized carbons (Fsp3) is 0.348. The van der Waals surface area contributed by atoms with Gasteiger partial charge in [-0.15, -0.1) is 0 Å². The molecule has 1 atom stereocenters. The molecule has 1 heterocycles. The minimum absolute atomic E-state index is 0.000353. The number of nitrogens with zero attached hydrogens (tertiary/aromatic N) is 1. The van der Waals surface area contributed by atoms with Crippen LogP contribution in [-0.2, 0) is 20.7 Å². The molecule has 0 radical (unpaired) electrons. The molecule has 6 nitrogen and oxygen atoms in total. The molecule has 0 saturated heterocycles. The highest BCUT2D eigenvalue weighted by molar-refractivity contribution is 5.99. The molecule has 0 spiro atoms. The van der Waals surface area contributed by atoms with Crippen LogP contribution in [-0.4, -0.2) is 36.9 Å². The second-order valence-electron chi connectivity index (χ2n) is 7.03. The topological polar surface area (TPSA) is 72.9 Å². The van der Waals surface area contributed by atoms with Crippen molar-refractivity contribution < 1.29 is 23.9 Å². The van der Waals surface area contributed by atoms with E-state index >= 15 is 0 Å². The highest BCUT2D eigenvalue weighted by Crippen LogP contribution is 2.28. The number of esters is 1. The maximum Gasteiger partial charge on any atom is 0.306 e. The van der Waals surface area contributed by atoms with Crippen molar-refractivity contribution in [3.05, 3.63) is 59.7 Å². The molecule has 0 bridgehead atoms. The molecule has 0 aromatic heterocycles. The Balaban J connectivity index is 1.40. The first kappa shape index (κ1) is 20.6. The van der Waals surface area contributed by atoms with Crippen LogP contribution in [0.25, 0.3) is 0 Å². The summed E-state index contributed by atoms with van der Waals surface area (Å²) in [5.41, 5.74) is 2.65. The number of benzene rings is 2. The third-order valence-electron chi connectivity index (χ3n) is 4.86. The van der Waals surface area contributed by atoms with Crippen molar-refractivity contribution in [3.63, 3.8) is 0 Å². The smallest absolute Gasteiger partial charge is 0.306 e. The Hall–Kier alpha value is -3.15. The van der Waals surface area contributed by atoms with E-state index in [2.05, 4.69) is 0 Å². The Bertz CT molecular complexity index is 890. The summed E-state index contributed by atoms with van der Waals surface area (Å²) < 4.78 is 10.9. The van der Waals surface area contributed by atoms with Crippen LogP contribution in [0, 0.1) is 0 Å². The number of hydrogen-bond donors (Lipinski definition) is 0. The molecule has 1 aliphatic heterocycles. The second-order valence-corrected chi connectivity index (χ2v) is 7.03. The molecule has 6 heteroatoms. The first-order valence-electron chi connectivity index (χ1n) is 9.78. The lowest BCUT2D eigenvalue weighted by atomic mass is 10.1. The van der Waals surface area contributed by atoms with Gasteiger partial charge in [-0.25, -0.2) is 0 Å². The summed E-state index contributed by atoms with van der Waals surface area (Å²) in [5, 5.41) is 0. The fourth-order valence-electron chi connectivity index (χ4n) is 3.29. The Labute approximate surface area is 170 Å². The summed E-state index contributed by atoms with van der Waals surface area (Å²) in [6, 6.07) is 14.6. The largest absolute Gasteiger partial charge is 0.494 e. The molecular weight excluding hydrogens is 370 g/mol. The number of amides is 1. The second kappa shape index (κ2) is 9.37. The van der Waals surface area contributed by atoms with Crippen molar-refractivity contribution in [2.45, 2.75) is 39.2 Å². The molecule has 3 rings (SSSR count). The van der Waals surface area contributed by atoms with Gasteiger partial charge in [0.1, 0.15) is 5.75 Å². The van der Waals surface area contributed by atoms with Gasteiger partial charge in [0, 0.05) is 24.2 Å². The highest BCUT2D eigenvalue weighted by Gasteiger charge is 2.29. The zero-order chi connectivity index (χ0) is 20.8. The van der Waals surface area contributed by atoms with Gasteiger partial charge in [0.2, 0.25) is 0 Å². The van der Waals surface area contributed by atoms with Crippen LogP contribution >= 0.6 is 0 Å². The van der Waals surface area contributed by atoms with Gasteiger partial charge in [0.15, 0.2) is 11.9 Å². The lowest BCUT2D eigenvalue weighted by Crippen LogP contribution is -2.39. The third-order valence-corrected chi connectivity index (χ3v) is 4.86. The van der Waals surface area contributed by atoms with Gasteiger partial charge < -0.3 is 14.4 Å². The minimum Gasteiger partial charge on any atom is -0.494 e. The van der Waals surface area contributed by atoms with Gasteiger partial charge in [-0.05, 0) is 62.6 Å². The van der Waals surface area contributed by atoms with Crippen LogP contribution in [0.4, 0.5) is 5.69 Å². The van der Waals surface area contributed by atoms with Gasteiger partial charge in [-0.3, -0.25) is 14.4 Å². The first-order valence-corrected chi connectivity index (χ1v) is 9.78. The van der Waals surface area contributed by atoms with Crippen LogP contribution in [0.5, 0.6) is 5.75 Å². The van der Waals surface area contributed by atoms with E-state index < -0.39 is 12.1 Å². The summed E-state index contributed by atoms with van der Waals surface area (Å²) in [5.74, 6) is 0.0129. The third kappa shape index (κ3) is 5.22. The van der Waals surface area contributed by atoms with Crippen LogP contribution in [0.1, 0.15) is 42.6 Å². The summed E-state index contributed by atoms with van der Waals surface area (Å²) in [6.45, 7) is 4.07. The van der Waals surface area contributed by atoms with Crippen LogP contribution < -0.4 is 9.64 Å². The highest BCUT2D eigenvalue weighted by atomic mass is 16.5. The van der Waals surface area contributed by atoms with Crippen LogP contribution in [0.15, 0.2) is 48.5 Å². The molecule has 0 saturated carbocycles. The number of hydrogen-bond acceptors (Lipinski definition) is 5. The molecule has 29 heavy (non-hydrogen) atoms. The minimum atomic E-state index is -0.825. The number of anilines is 1. The molecular formula is C23H25NO5. The van der Waals surface area contributed by atoms with Crippen molar-refractivity contribution in [3.8, 4) is 5.75 Å². The van der Waals surface area contributed by atoms with E-state index in [-0.39, 0.29) is 18.1 Å². The predicted octanol–water partition coefficient (Wildman–Crippen LogP) is 3.57. The molecule has 2 aromatic rings. The molecule has 152 valence electrons. The number of ether oxygens (including phenoxy) is 2. The lowest BCUT2D eigenvalue weighted by Gasteiger charge is -2.21. The number of carbonyl (C=O) groups is 3. The fourth-order valence-corrected chi connectivity index (χ4v) is 3.29. The number of ketones is 1. The average molecular weight is 395 g/mol. The van der Waals surface area contributed by atoms with Crippen molar-refractivity contribution in [1.29, 1.82) is 0 Å². The molecule has 2 aromatic carbocycles. The normalized spacial score (nSPS) is 13.5. The Kier molecular flexibility index (Phi) is 6.65. The Morgan fingerprint density at radius 1 is 1.07 bits per heavy atom. The molecule has 0 N–H and O–H groups in total. The molecule has 0 unspecified atom stereocenters. The molecule has 1 aliphatic rings. The van der Waals surface area contributed by atoms with Gasteiger partial charge in [0.25, 0.3) is 5.91 Å². The zero-order valence-corrected chi connectivity index (χ0v) is 16.7. The van der Waals surface area contributed by atoms with Gasteiger partial charge in [-0.1, -0.05) is 18.2 Å². The van der Waals surface area contributed by atoms with Crippen molar-refractivity contribution in [2.24, 2.45) is 0 Å². The van der Waals surface area contributed by atoms with Crippen LogP contribution in [0.2, 0.25) is 0 Å². The summed E-state index contributed by atoms with van der Waals surface area (Å²) in [4.78, 5) is 37.6. The van der Waals surface area contributed by atoms with Crippen molar-refractivity contribution in [2.75, 3.05) is 18.1 Å². The maximum atomic E-state index is 12.6. The molecule has 0 fully saturated rings. The SMILES string of the molecule is CC(=O)c1ccc(OCCCC(=O)O[C@@H](C)C(=O)N2CCc3ccccc32)cc1. The van der Waals surface area contributed by atoms with E-state index in [0.29, 0.717) is 30.9 Å². The zero-order valence-electron chi connectivity index (χ0n) is 16.7.